The van der Waals surface area contributed by atoms with E-state index in [2.05, 4.69) is 19.9 Å². The predicted molar refractivity (Wildman–Crippen MR) is 43.5 cm³/mol. The number of nitrogens with one attached hydrogen (secondary N) is 1. The minimum Gasteiger partial charge on any atom is -0.368 e. The van der Waals surface area contributed by atoms with Crippen molar-refractivity contribution in [2.24, 2.45) is 0 Å². The molecule has 0 bridgehead atoms. The van der Waals surface area contributed by atoms with Gasteiger partial charge in [0.1, 0.15) is 12.5 Å². The lowest BCUT2D eigenvalue weighted by molar-refractivity contribution is -0.168. The Morgan fingerprint density at radius 1 is 1.50 bits per heavy atom. The van der Waals surface area contributed by atoms with E-state index in [9.17, 15) is 13.2 Å². The van der Waals surface area contributed by atoms with E-state index in [0.717, 1.165) is 11.8 Å². The largest absolute Gasteiger partial charge is 0.411 e. The Morgan fingerprint density at radius 3 is 2.71 bits per heavy atom. The van der Waals surface area contributed by atoms with E-state index >= 15 is 0 Å². The third-order valence-electron chi connectivity index (χ3n) is 1.02. The number of ether oxygens (including phenoxy) is 1. The Labute approximate surface area is 81.2 Å². The number of aromatic amines is 1. The molecule has 0 atom stereocenters. The van der Waals surface area contributed by atoms with Gasteiger partial charge in [-0.25, -0.2) is 5.10 Å². The first-order valence-corrected chi connectivity index (χ1v) is 4.41. The Morgan fingerprint density at radius 2 is 2.21 bits per heavy atom. The zero-order valence-corrected chi connectivity index (χ0v) is 7.65. The molecule has 1 aromatic rings. The SMILES string of the molecule is Nc1nc(SCOCC(F)(F)F)n[nH]1. The van der Waals surface area contributed by atoms with Gasteiger partial charge in [0, 0.05) is 0 Å². The second-order valence-corrected chi connectivity index (χ2v) is 3.12. The summed E-state index contributed by atoms with van der Waals surface area (Å²) in [7, 11) is 0. The monoisotopic (exact) mass is 228 g/mol. The van der Waals surface area contributed by atoms with Crippen LogP contribution >= 0.6 is 11.8 Å². The molecule has 0 fully saturated rings. The van der Waals surface area contributed by atoms with Crippen molar-refractivity contribution in [3.05, 3.63) is 0 Å². The van der Waals surface area contributed by atoms with Gasteiger partial charge in [-0.3, -0.25) is 0 Å². The number of alkyl halides is 3. The minimum atomic E-state index is -4.31. The summed E-state index contributed by atoms with van der Waals surface area (Å²) in [4.78, 5) is 3.66. The number of anilines is 1. The van der Waals surface area contributed by atoms with Crippen molar-refractivity contribution < 1.29 is 17.9 Å². The van der Waals surface area contributed by atoms with Gasteiger partial charge in [0.15, 0.2) is 0 Å². The first kappa shape index (κ1) is 11.1. The summed E-state index contributed by atoms with van der Waals surface area (Å²) in [5.41, 5.74) is 5.19. The van der Waals surface area contributed by atoms with Gasteiger partial charge in [-0.15, -0.1) is 5.10 Å². The van der Waals surface area contributed by atoms with Gasteiger partial charge < -0.3 is 10.5 Å². The third kappa shape index (κ3) is 4.33. The minimum absolute atomic E-state index is 0.114. The summed E-state index contributed by atoms with van der Waals surface area (Å²) in [6.45, 7) is -1.28. The third-order valence-corrected chi connectivity index (χ3v) is 1.74. The smallest absolute Gasteiger partial charge is 0.368 e. The molecule has 9 heteroatoms. The quantitative estimate of drug-likeness (QED) is 0.457. The van der Waals surface area contributed by atoms with Crippen LogP contribution in [0, 0.1) is 0 Å². The van der Waals surface area contributed by atoms with Gasteiger partial charge in [-0.2, -0.15) is 18.2 Å². The molecule has 0 saturated carbocycles. The highest BCUT2D eigenvalue weighted by Crippen LogP contribution is 2.17. The van der Waals surface area contributed by atoms with Gasteiger partial charge in [0.05, 0.1) is 0 Å². The van der Waals surface area contributed by atoms with Crippen molar-refractivity contribution >= 4 is 17.7 Å². The molecule has 1 rings (SSSR count). The number of H-pyrrole nitrogens is 1. The van der Waals surface area contributed by atoms with Crippen molar-refractivity contribution in [2.45, 2.75) is 11.3 Å². The van der Waals surface area contributed by atoms with Crippen LogP contribution in [0.1, 0.15) is 0 Å². The van der Waals surface area contributed by atoms with Gasteiger partial charge in [0.25, 0.3) is 0 Å². The van der Waals surface area contributed by atoms with Crippen LogP contribution in [0.15, 0.2) is 5.16 Å². The fourth-order valence-electron chi connectivity index (χ4n) is 0.574. The molecule has 3 N–H and O–H groups in total. The lowest BCUT2D eigenvalue weighted by atomic mass is 10.7. The molecule has 0 spiro atoms. The number of nitrogens with zero attached hydrogens (tertiary/aromatic N) is 2. The molecule has 0 aliphatic carbocycles. The summed E-state index contributed by atoms with van der Waals surface area (Å²) in [5, 5.41) is 6.19. The van der Waals surface area contributed by atoms with Crippen molar-refractivity contribution in [1.82, 2.24) is 15.2 Å². The van der Waals surface area contributed by atoms with Gasteiger partial charge in [-0.05, 0) is 0 Å². The van der Waals surface area contributed by atoms with Gasteiger partial charge >= 0.3 is 6.18 Å². The molecule has 0 saturated heterocycles. The zero-order valence-electron chi connectivity index (χ0n) is 6.84. The lowest BCUT2D eigenvalue weighted by Crippen LogP contribution is -2.16. The van der Waals surface area contributed by atoms with Crippen LogP contribution in [0.4, 0.5) is 19.1 Å². The molecule has 1 aromatic heterocycles. The number of nitrogen functional groups attached to an aromatic ring is 1. The van der Waals surface area contributed by atoms with Crippen molar-refractivity contribution in [3.8, 4) is 0 Å². The fraction of sp³-hybridized carbons (Fsp3) is 0.600. The van der Waals surface area contributed by atoms with Crippen LogP contribution < -0.4 is 5.73 Å². The van der Waals surface area contributed by atoms with Crippen LogP contribution in [-0.2, 0) is 4.74 Å². The van der Waals surface area contributed by atoms with Crippen molar-refractivity contribution in [1.29, 1.82) is 0 Å². The second-order valence-electron chi connectivity index (χ2n) is 2.23. The number of aromatic nitrogens is 3. The molecule has 0 aliphatic heterocycles. The van der Waals surface area contributed by atoms with E-state index in [1.165, 1.54) is 0 Å². The Balaban J connectivity index is 2.16. The first-order chi connectivity index (χ1) is 6.47. The Bertz CT molecular complexity index is 289. The van der Waals surface area contributed by atoms with E-state index in [1.807, 2.05) is 0 Å². The molecule has 0 amide bonds. The van der Waals surface area contributed by atoms with Crippen LogP contribution in [0.5, 0.6) is 0 Å². The summed E-state index contributed by atoms with van der Waals surface area (Å²) < 4.78 is 39.1. The van der Waals surface area contributed by atoms with Crippen LogP contribution in [0.25, 0.3) is 0 Å². The number of thioether (sulfide) groups is 1. The molecule has 0 unspecified atom stereocenters. The number of nitrogens with two attached hydrogens (primary N) is 1. The summed E-state index contributed by atoms with van der Waals surface area (Å²) >= 11 is 0.926. The van der Waals surface area contributed by atoms with Gasteiger partial charge in [-0.1, -0.05) is 11.8 Å². The summed E-state index contributed by atoms with van der Waals surface area (Å²) in [6.07, 6.45) is -4.31. The maximum Gasteiger partial charge on any atom is 0.411 e. The normalized spacial score (nSPS) is 11.9. The van der Waals surface area contributed by atoms with Crippen LogP contribution in [0.2, 0.25) is 0 Å². The van der Waals surface area contributed by atoms with E-state index < -0.39 is 12.8 Å². The fourth-order valence-corrected chi connectivity index (χ4v) is 1.12. The van der Waals surface area contributed by atoms with Crippen LogP contribution in [0.3, 0.4) is 0 Å². The predicted octanol–water partition coefficient (Wildman–Crippen LogP) is 1.02. The second kappa shape index (κ2) is 4.51. The number of hydrogen-bond acceptors (Lipinski definition) is 5. The zero-order chi connectivity index (χ0) is 10.6. The Hall–Kier alpha value is -0.960. The first-order valence-electron chi connectivity index (χ1n) is 3.42. The maximum atomic E-state index is 11.6. The average molecular weight is 228 g/mol. The highest BCUT2D eigenvalue weighted by Gasteiger charge is 2.27. The van der Waals surface area contributed by atoms with E-state index in [1.54, 1.807) is 0 Å². The molecule has 5 nitrogen and oxygen atoms in total. The van der Waals surface area contributed by atoms with Crippen molar-refractivity contribution in [2.75, 3.05) is 18.3 Å². The molecule has 0 radical (unpaired) electrons. The average Bonchev–Trinajstić information content (AvgIpc) is 2.44. The highest BCUT2D eigenvalue weighted by atomic mass is 32.2. The maximum absolute atomic E-state index is 11.6. The van der Waals surface area contributed by atoms with Crippen LogP contribution in [-0.4, -0.2) is 33.9 Å². The molecule has 14 heavy (non-hydrogen) atoms. The van der Waals surface area contributed by atoms with E-state index in [-0.39, 0.29) is 17.0 Å². The van der Waals surface area contributed by atoms with E-state index in [4.69, 9.17) is 5.73 Å². The molecule has 0 aliphatic rings. The highest BCUT2D eigenvalue weighted by molar-refractivity contribution is 7.99. The number of rotatable bonds is 4. The molecule has 0 aromatic carbocycles. The topological polar surface area (TPSA) is 76.8 Å². The number of hydrogen-bond donors (Lipinski definition) is 2. The molecule has 1 heterocycles. The summed E-state index contributed by atoms with van der Waals surface area (Å²) in [5.74, 6) is -0.0557. The molecular formula is C5H7F3N4OS. The molecular weight excluding hydrogens is 221 g/mol. The van der Waals surface area contributed by atoms with Crippen molar-refractivity contribution in [3.63, 3.8) is 0 Å². The standard InChI is InChI=1S/C5H7F3N4OS/c6-5(7,8)1-13-2-14-4-10-3(9)11-12-4/h1-2H2,(H3,9,10,11,12). The van der Waals surface area contributed by atoms with Gasteiger partial charge in [0.2, 0.25) is 11.1 Å². The molecule has 80 valence electrons. The lowest BCUT2D eigenvalue weighted by Gasteiger charge is -2.05. The van der Waals surface area contributed by atoms with E-state index in [0.29, 0.717) is 0 Å². The number of halogens is 3. The summed E-state index contributed by atoms with van der Waals surface area (Å²) in [6, 6.07) is 0. The Kier molecular flexibility index (Phi) is 3.58.